The lowest BCUT2D eigenvalue weighted by molar-refractivity contribution is -0.523. The second-order valence-electron chi connectivity index (χ2n) is 1.96. The zero-order valence-corrected chi connectivity index (χ0v) is 8.24. The zero-order chi connectivity index (χ0) is 9.40. The smallest absolute Gasteiger partial charge is 0.0699 e. The normalized spacial score (nSPS) is 11.5. The third kappa shape index (κ3) is 4.63. The standard InChI is InChI=1S/C7H18N2O3/c1-5-10-8(4)9(11-6-2)12-7-3/h5-7H2,1-4H3. The van der Waals surface area contributed by atoms with Gasteiger partial charge in [0.2, 0.25) is 0 Å². The van der Waals surface area contributed by atoms with Gasteiger partial charge in [0.15, 0.2) is 0 Å². The fourth-order valence-corrected chi connectivity index (χ4v) is 0.655. The van der Waals surface area contributed by atoms with E-state index in [2.05, 4.69) is 0 Å². The maximum atomic E-state index is 5.12. The van der Waals surface area contributed by atoms with Gasteiger partial charge in [-0.05, 0) is 20.8 Å². The maximum absolute atomic E-state index is 5.12. The van der Waals surface area contributed by atoms with Crippen molar-refractivity contribution in [3.05, 3.63) is 0 Å². The van der Waals surface area contributed by atoms with E-state index in [0.29, 0.717) is 19.8 Å². The highest BCUT2D eigenvalue weighted by molar-refractivity contribution is 4.12. The summed E-state index contributed by atoms with van der Waals surface area (Å²) in [5, 5.41) is 2.64. The van der Waals surface area contributed by atoms with Crippen LogP contribution in [-0.2, 0) is 14.5 Å². The molecule has 0 saturated carbocycles. The molecule has 0 radical (unpaired) electrons. The van der Waals surface area contributed by atoms with Gasteiger partial charge in [0.1, 0.15) is 0 Å². The van der Waals surface area contributed by atoms with E-state index in [1.807, 2.05) is 20.8 Å². The van der Waals surface area contributed by atoms with Crippen LogP contribution in [0.3, 0.4) is 0 Å². The van der Waals surface area contributed by atoms with Crippen molar-refractivity contribution in [2.24, 2.45) is 0 Å². The van der Waals surface area contributed by atoms with Crippen molar-refractivity contribution < 1.29 is 14.5 Å². The van der Waals surface area contributed by atoms with Crippen LogP contribution in [0.15, 0.2) is 0 Å². The van der Waals surface area contributed by atoms with E-state index >= 15 is 0 Å². The second kappa shape index (κ2) is 7.45. The van der Waals surface area contributed by atoms with E-state index < -0.39 is 0 Å². The van der Waals surface area contributed by atoms with Crippen molar-refractivity contribution in [3.8, 4) is 0 Å². The van der Waals surface area contributed by atoms with Crippen LogP contribution in [0.5, 0.6) is 0 Å². The lowest BCUT2D eigenvalue weighted by Crippen LogP contribution is -2.39. The summed E-state index contributed by atoms with van der Waals surface area (Å²) in [5.41, 5.74) is 0. The molecule has 0 aliphatic carbocycles. The Bertz CT molecular complexity index is 96.7. The van der Waals surface area contributed by atoms with Crippen LogP contribution in [0.2, 0.25) is 0 Å². The third-order valence-corrected chi connectivity index (χ3v) is 1.02. The molecule has 0 atom stereocenters. The molecule has 0 aromatic rings. The van der Waals surface area contributed by atoms with E-state index in [-0.39, 0.29) is 0 Å². The molecule has 5 heteroatoms. The summed E-state index contributed by atoms with van der Waals surface area (Å²) in [7, 11) is 1.72. The lowest BCUT2D eigenvalue weighted by atomic mass is 10.9. The molecule has 5 nitrogen and oxygen atoms in total. The van der Waals surface area contributed by atoms with Crippen LogP contribution < -0.4 is 0 Å². The molecule has 0 unspecified atom stereocenters. The van der Waals surface area contributed by atoms with Crippen molar-refractivity contribution in [3.63, 3.8) is 0 Å². The molecule has 0 N–H and O–H groups in total. The van der Waals surface area contributed by atoms with Crippen molar-refractivity contribution in [2.45, 2.75) is 20.8 Å². The van der Waals surface area contributed by atoms with Gasteiger partial charge < -0.3 is 0 Å². The number of hydrogen-bond acceptors (Lipinski definition) is 5. The van der Waals surface area contributed by atoms with Gasteiger partial charge in [0, 0.05) is 12.4 Å². The Balaban J connectivity index is 3.72. The van der Waals surface area contributed by atoms with Crippen molar-refractivity contribution >= 4 is 0 Å². The molecule has 0 amide bonds. The van der Waals surface area contributed by atoms with Crippen LogP contribution >= 0.6 is 0 Å². The third-order valence-electron chi connectivity index (χ3n) is 1.02. The average molecular weight is 178 g/mol. The molecule has 0 bridgehead atoms. The Morgan fingerprint density at radius 3 is 1.58 bits per heavy atom. The minimum absolute atomic E-state index is 0.539. The first-order valence-corrected chi connectivity index (χ1v) is 4.18. The predicted octanol–water partition coefficient (Wildman–Crippen LogP) is 0.990. The number of hydrazine groups is 1. The van der Waals surface area contributed by atoms with Gasteiger partial charge in [-0.3, -0.25) is 14.5 Å². The monoisotopic (exact) mass is 178 g/mol. The SMILES string of the molecule is CCON(C)N(OCC)OCC. The molecular formula is C7H18N2O3. The van der Waals surface area contributed by atoms with E-state index in [4.69, 9.17) is 14.5 Å². The summed E-state index contributed by atoms with van der Waals surface area (Å²) in [6.45, 7) is 7.31. The summed E-state index contributed by atoms with van der Waals surface area (Å²) < 4.78 is 0. The molecule has 12 heavy (non-hydrogen) atoms. The summed E-state index contributed by atoms with van der Waals surface area (Å²) in [4.78, 5) is 15.3. The molecule has 0 aromatic carbocycles. The van der Waals surface area contributed by atoms with Crippen LogP contribution in [0.1, 0.15) is 20.8 Å². The number of hydrogen-bond donors (Lipinski definition) is 0. The number of rotatable bonds is 7. The fourth-order valence-electron chi connectivity index (χ4n) is 0.655. The van der Waals surface area contributed by atoms with Gasteiger partial charge in [0.05, 0.1) is 19.8 Å². The van der Waals surface area contributed by atoms with Gasteiger partial charge in [-0.15, -0.1) is 0 Å². The van der Waals surface area contributed by atoms with Crippen LogP contribution in [0.4, 0.5) is 0 Å². The Labute approximate surface area is 73.6 Å². The average Bonchev–Trinajstić information content (AvgIpc) is 2.04. The Hall–Kier alpha value is -0.200. The minimum Gasteiger partial charge on any atom is -0.281 e. The van der Waals surface area contributed by atoms with Crippen LogP contribution in [0, 0.1) is 0 Å². The Morgan fingerprint density at radius 2 is 1.25 bits per heavy atom. The van der Waals surface area contributed by atoms with Crippen LogP contribution in [-0.4, -0.2) is 37.4 Å². The molecule has 0 aromatic heterocycles. The minimum atomic E-state index is 0.539. The molecule has 0 heterocycles. The molecule has 0 fully saturated rings. The molecule has 0 saturated heterocycles. The van der Waals surface area contributed by atoms with Crippen molar-refractivity contribution in [1.29, 1.82) is 0 Å². The Kier molecular flexibility index (Phi) is 7.33. The van der Waals surface area contributed by atoms with E-state index in [1.165, 1.54) is 10.5 Å². The summed E-state index contributed by atoms with van der Waals surface area (Å²) in [6.07, 6.45) is 0. The second-order valence-corrected chi connectivity index (χ2v) is 1.96. The highest BCUT2D eigenvalue weighted by Gasteiger charge is 2.11. The first kappa shape index (κ1) is 11.8. The maximum Gasteiger partial charge on any atom is 0.0699 e. The summed E-state index contributed by atoms with van der Waals surface area (Å²) in [6, 6.07) is 0. The van der Waals surface area contributed by atoms with Crippen molar-refractivity contribution in [2.75, 3.05) is 26.9 Å². The van der Waals surface area contributed by atoms with Gasteiger partial charge in [-0.2, -0.15) is 0 Å². The molecular weight excluding hydrogens is 160 g/mol. The molecule has 0 aliphatic rings. The number of hydroxylamine groups is 1. The van der Waals surface area contributed by atoms with E-state index in [1.54, 1.807) is 7.05 Å². The quantitative estimate of drug-likeness (QED) is 0.543. The summed E-state index contributed by atoms with van der Waals surface area (Å²) in [5.74, 6) is 0. The highest BCUT2D eigenvalue weighted by atomic mass is 17.0. The molecule has 0 rings (SSSR count). The van der Waals surface area contributed by atoms with Crippen LogP contribution in [0.25, 0.3) is 0 Å². The van der Waals surface area contributed by atoms with E-state index in [9.17, 15) is 0 Å². The first-order valence-electron chi connectivity index (χ1n) is 4.18. The van der Waals surface area contributed by atoms with Crippen molar-refractivity contribution in [1.82, 2.24) is 10.5 Å². The summed E-state index contributed by atoms with van der Waals surface area (Å²) >= 11 is 0. The molecule has 0 spiro atoms. The van der Waals surface area contributed by atoms with E-state index in [0.717, 1.165) is 0 Å². The van der Waals surface area contributed by atoms with Gasteiger partial charge in [-0.1, -0.05) is 5.17 Å². The topological polar surface area (TPSA) is 34.2 Å². The lowest BCUT2D eigenvalue weighted by Gasteiger charge is -2.26. The zero-order valence-electron chi connectivity index (χ0n) is 8.24. The number of nitrogens with zero attached hydrogens (tertiary/aromatic N) is 2. The van der Waals surface area contributed by atoms with Gasteiger partial charge in [0.25, 0.3) is 0 Å². The first-order chi connectivity index (χ1) is 5.76. The molecule has 74 valence electrons. The molecule has 0 aliphatic heterocycles. The van der Waals surface area contributed by atoms with Gasteiger partial charge >= 0.3 is 0 Å². The largest absolute Gasteiger partial charge is 0.281 e. The predicted molar refractivity (Wildman–Crippen MR) is 44.5 cm³/mol. The Morgan fingerprint density at radius 1 is 0.833 bits per heavy atom. The fraction of sp³-hybridized carbons (Fsp3) is 1.00. The van der Waals surface area contributed by atoms with Gasteiger partial charge in [-0.25, -0.2) is 0 Å². The highest BCUT2D eigenvalue weighted by Crippen LogP contribution is 1.98.